The van der Waals surface area contributed by atoms with Crippen LogP contribution in [0.4, 0.5) is 4.79 Å². The molecule has 0 atom stereocenters. The van der Waals surface area contributed by atoms with Crippen LogP contribution in [0.1, 0.15) is 16.7 Å². The number of urea groups is 1. The summed E-state index contributed by atoms with van der Waals surface area (Å²) in [6.45, 7) is 1.66. The van der Waals surface area contributed by atoms with Crippen LogP contribution in [0, 0.1) is 6.92 Å². The molecule has 2 N–H and O–H groups in total. The van der Waals surface area contributed by atoms with Crippen LogP contribution in [-0.4, -0.2) is 34.5 Å². The SMILES string of the molecule is Cc1ccc(CN2C(=O)N/C(=C/c3cc(Br)c(OCC(=O)O)c(Br)c3)C2=O)cc1. The number of aliphatic carboxylic acids is 1. The topological polar surface area (TPSA) is 95.9 Å². The number of benzene rings is 2. The van der Waals surface area contributed by atoms with Crippen LogP contribution in [0.25, 0.3) is 6.08 Å². The van der Waals surface area contributed by atoms with E-state index in [0.29, 0.717) is 20.3 Å². The number of carboxylic acid groups (broad SMARTS) is 1. The van der Waals surface area contributed by atoms with Crippen LogP contribution in [0.3, 0.4) is 0 Å². The van der Waals surface area contributed by atoms with Crippen LogP contribution in [0.5, 0.6) is 5.75 Å². The molecule has 1 aliphatic rings. The van der Waals surface area contributed by atoms with Gasteiger partial charge in [-0.1, -0.05) is 29.8 Å². The molecule has 2 aromatic carbocycles. The Morgan fingerprint density at radius 2 is 1.79 bits per heavy atom. The van der Waals surface area contributed by atoms with Gasteiger partial charge in [0, 0.05) is 0 Å². The van der Waals surface area contributed by atoms with Crippen molar-refractivity contribution in [1.82, 2.24) is 10.2 Å². The molecular weight excluding hydrogens is 508 g/mol. The molecule has 3 amide bonds. The summed E-state index contributed by atoms with van der Waals surface area (Å²) >= 11 is 6.65. The van der Waals surface area contributed by atoms with Crippen molar-refractivity contribution in [3.05, 3.63) is 67.7 Å². The molecular formula is C20H16Br2N2O5. The van der Waals surface area contributed by atoms with E-state index in [-0.39, 0.29) is 12.2 Å². The quantitative estimate of drug-likeness (QED) is 0.439. The van der Waals surface area contributed by atoms with Crippen molar-refractivity contribution in [2.75, 3.05) is 6.61 Å². The zero-order valence-corrected chi connectivity index (χ0v) is 18.4. The molecule has 3 rings (SSSR count). The van der Waals surface area contributed by atoms with Crippen molar-refractivity contribution in [1.29, 1.82) is 0 Å². The van der Waals surface area contributed by atoms with E-state index in [1.54, 1.807) is 18.2 Å². The molecule has 0 aliphatic carbocycles. The highest BCUT2D eigenvalue weighted by molar-refractivity contribution is 9.11. The maximum Gasteiger partial charge on any atom is 0.341 e. The average Bonchev–Trinajstić information content (AvgIpc) is 2.90. The average molecular weight is 524 g/mol. The molecule has 2 aromatic rings. The Morgan fingerprint density at radius 3 is 2.38 bits per heavy atom. The second kappa shape index (κ2) is 8.79. The van der Waals surface area contributed by atoms with E-state index in [2.05, 4.69) is 37.2 Å². The van der Waals surface area contributed by atoms with Gasteiger partial charge in [-0.15, -0.1) is 0 Å². The van der Waals surface area contributed by atoms with Gasteiger partial charge in [-0.25, -0.2) is 9.59 Å². The van der Waals surface area contributed by atoms with Gasteiger partial charge >= 0.3 is 12.0 Å². The number of amides is 3. The van der Waals surface area contributed by atoms with Gasteiger partial charge in [-0.3, -0.25) is 9.69 Å². The molecule has 0 spiro atoms. The lowest BCUT2D eigenvalue weighted by Gasteiger charge is -2.12. The first kappa shape index (κ1) is 21.1. The summed E-state index contributed by atoms with van der Waals surface area (Å²) < 4.78 is 6.24. The summed E-state index contributed by atoms with van der Waals surface area (Å²) in [5, 5.41) is 11.3. The van der Waals surface area contributed by atoms with Crippen molar-refractivity contribution >= 4 is 55.8 Å². The monoisotopic (exact) mass is 522 g/mol. The molecule has 1 saturated heterocycles. The molecule has 0 saturated carbocycles. The molecule has 1 fully saturated rings. The maximum absolute atomic E-state index is 12.7. The van der Waals surface area contributed by atoms with Crippen LogP contribution in [0.15, 0.2) is 51.0 Å². The molecule has 0 bridgehead atoms. The Labute approximate surface area is 183 Å². The van der Waals surface area contributed by atoms with E-state index < -0.39 is 24.5 Å². The minimum Gasteiger partial charge on any atom is -0.480 e. The number of carboxylic acids is 1. The third kappa shape index (κ3) is 5.04. The largest absolute Gasteiger partial charge is 0.480 e. The number of carbonyl (C=O) groups excluding carboxylic acids is 2. The van der Waals surface area contributed by atoms with Gasteiger partial charge in [0.25, 0.3) is 5.91 Å². The highest BCUT2D eigenvalue weighted by Gasteiger charge is 2.33. The number of hydrogen-bond donors (Lipinski definition) is 2. The highest BCUT2D eigenvalue weighted by atomic mass is 79.9. The Kier molecular flexibility index (Phi) is 6.39. The third-order valence-electron chi connectivity index (χ3n) is 4.10. The summed E-state index contributed by atoms with van der Waals surface area (Å²) in [6, 6.07) is 10.4. The van der Waals surface area contributed by atoms with Gasteiger partial charge in [0.2, 0.25) is 0 Å². The Bertz CT molecular complexity index is 995. The Hall–Kier alpha value is -2.65. The molecule has 7 nitrogen and oxygen atoms in total. The fourth-order valence-electron chi connectivity index (χ4n) is 2.69. The Balaban J connectivity index is 1.80. The van der Waals surface area contributed by atoms with Crippen LogP contribution < -0.4 is 10.1 Å². The number of ether oxygens (including phenoxy) is 1. The summed E-state index contributed by atoms with van der Waals surface area (Å²) in [6.07, 6.45) is 1.55. The first-order chi connectivity index (χ1) is 13.7. The molecule has 0 aromatic heterocycles. The molecule has 0 radical (unpaired) electrons. The lowest BCUT2D eigenvalue weighted by Crippen LogP contribution is -2.30. The van der Waals surface area contributed by atoms with Gasteiger partial charge < -0.3 is 15.2 Å². The van der Waals surface area contributed by atoms with Gasteiger partial charge in [0.15, 0.2) is 6.61 Å². The molecule has 150 valence electrons. The number of carbonyl (C=O) groups is 3. The van der Waals surface area contributed by atoms with Crippen molar-refractivity contribution in [2.45, 2.75) is 13.5 Å². The first-order valence-corrected chi connectivity index (χ1v) is 10.1. The number of nitrogens with one attached hydrogen (secondary N) is 1. The smallest absolute Gasteiger partial charge is 0.341 e. The normalized spacial score (nSPS) is 15.0. The van der Waals surface area contributed by atoms with E-state index in [0.717, 1.165) is 16.0 Å². The minimum absolute atomic E-state index is 0.153. The molecule has 29 heavy (non-hydrogen) atoms. The van der Waals surface area contributed by atoms with E-state index in [9.17, 15) is 14.4 Å². The van der Waals surface area contributed by atoms with Crippen LogP contribution in [0.2, 0.25) is 0 Å². The van der Waals surface area contributed by atoms with Gasteiger partial charge in [-0.2, -0.15) is 0 Å². The summed E-state index contributed by atoms with van der Waals surface area (Å²) in [5.41, 5.74) is 2.72. The fraction of sp³-hybridized carbons (Fsp3) is 0.150. The second-order valence-corrected chi connectivity index (χ2v) is 8.07. The van der Waals surface area contributed by atoms with Crippen LogP contribution >= 0.6 is 31.9 Å². The zero-order chi connectivity index (χ0) is 21.1. The lowest BCUT2D eigenvalue weighted by atomic mass is 10.1. The second-order valence-electron chi connectivity index (χ2n) is 6.36. The van der Waals surface area contributed by atoms with E-state index >= 15 is 0 Å². The summed E-state index contributed by atoms with van der Waals surface area (Å²) in [7, 11) is 0. The van der Waals surface area contributed by atoms with Crippen molar-refractivity contribution in [2.24, 2.45) is 0 Å². The molecule has 1 heterocycles. The molecule has 1 aliphatic heterocycles. The van der Waals surface area contributed by atoms with Crippen molar-refractivity contribution in [3.8, 4) is 5.75 Å². The molecule has 0 unspecified atom stereocenters. The van der Waals surface area contributed by atoms with E-state index in [1.165, 1.54) is 0 Å². The van der Waals surface area contributed by atoms with Crippen molar-refractivity contribution in [3.63, 3.8) is 0 Å². The first-order valence-electron chi connectivity index (χ1n) is 8.48. The maximum atomic E-state index is 12.7. The van der Waals surface area contributed by atoms with Gasteiger partial charge in [0.1, 0.15) is 11.4 Å². The zero-order valence-electron chi connectivity index (χ0n) is 15.2. The number of aryl methyl sites for hydroxylation is 1. The number of halogens is 2. The van der Waals surface area contributed by atoms with Crippen molar-refractivity contribution < 1.29 is 24.2 Å². The summed E-state index contributed by atoms with van der Waals surface area (Å²) in [4.78, 5) is 36.8. The standard InChI is InChI=1S/C20H16Br2N2O5/c1-11-2-4-12(5-3-11)9-24-19(27)16(23-20(24)28)8-13-6-14(21)18(15(22)7-13)29-10-17(25)26/h2-8H,9-10H2,1H3,(H,23,28)(H,25,26)/b16-8+. The number of rotatable bonds is 6. The van der Waals surface area contributed by atoms with Gasteiger partial charge in [-0.05, 0) is 68.1 Å². The van der Waals surface area contributed by atoms with Crippen LogP contribution in [-0.2, 0) is 16.1 Å². The number of hydrogen-bond acceptors (Lipinski definition) is 4. The van der Waals surface area contributed by atoms with Gasteiger partial charge in [0.05, 0.1) is 15.5 Å². The lowest BCUT2D eigenvalue weighted by molar-refractivity contribution is -0.139. The Morgan fingerprint density at radius 1 is 1.17 bits per heavy atom. The molecule has 9 heteroatoms. The van der Waals surface area contributed by atoms with E-state index in [4.69, 9.17) is 9.84 Å². The third-order valence-corrected chi connectivity index (χ3v) is 5.27. The predicted octanol–water partition coefficient (Wildman–Crippen LogP) is 4.08. The minimum atomic E-state index is -1.09. The fourth-order valence-corrected chi connectivity index (χ4v) is 4.14. The predicted molar refractivity (Wildman–Crippen MR) is 113 cm³/mol. The van der Waals surface area contributed by atoms with E-state index in [1.807, 2.05) is 31.2 Å². The highest BCUT2D eigenvalue weighted by Crippen LogP contribution is 2.35. The number of imide groups is 1. The summed E-state index contributed by atoms with van der Waals surface area (Å²) in [5.74, 6) is -1.19. The number of nitrogens with zero attached hydrogens (tertiary/aromatic N) is 1.